The van der Waals surface area contributed by atoms with E-state index in [4.69, 9.17) is 4.98 Å². The van der Waals surface area contributed by atoms with Crippen LogP contribution >= 0.6 is 0 Å². The predicted octanol–water partition coefficient (Wildman–Crippen LogP) is 1.60. The number of aromatic nitrogens is 2. The third-order valence-corrected chi connectivity index (χ3v) is 4.68. The van der Waals surface area contributed by atoms with E-state index < -0.39 is 0 Å². The molecule has 0 fully saturated rings. The standard InChI is InChI=1S/C18H13N3O2/c22-16-7-11-6-15-17-12(5-10-3-1-2-4-14(10)20-17)9-21(15)18(23)13(11)8-19-16/h1-6H,7-9H2,(H,19,22). The Labute approximate surface area is 131 Å². The van der Waals surface area contributed by atoms with Crippen LogP contribution in [0.1, 0.15) is 16.7 Å². The van der Waals surface area contributed by atoms with Crippen molar-refractivity contribution in [3.8, 4) is 11.4 Å². The van der Waals surface area contributed by atoms with Gasteiger partial charge in [-0.1, -0.05) is 18.2 Å². The summed E-state index contributed by atoms with van der Waals surface area (Å²) in [6.45, 7) is 0.863. The number of pyridine rings is 2. The van der Waals surface area contributed by atoms with Crippen LogP contribution in [0.4, 0.5) is 0 Å². The molecule has 5 heteroatoms. The largest absolute Gasteiger partial charge is 0.352 e. The second kappa shape index (κ2) is 4.29. The zero-order valence-electron chi connectivity index (χ0n) is 12.3. The molecule has 0 saturated carbocycles. The van der Waals surface area contributed by atoms with Crippen LogP contribution in [0, 0.1) is 0 Å². The van der Waals surface area contributed by atoms with Gasteiger partial charge in [0.05, 0.1) is 29.9 Å². The third kappa shape index (κ3) is 1.70. The van der Waals surface area contributed by atoms with Crippen LogP contribution in [-0.4, -0.2) is 15.5 Å². The summed E-state index contributed by atoms with van der Waals surface area (Å²) >= 11 is 0. The predicted molar refractivity (Wildman–Crippen MR) is 86.1 cm³/mol. The van der Waals surface area contributed by atoms with Crippen molar-refractivity contribution in [3.63, 3.8) is 0 Å². The summed E-state index contributed by atoms with van der Waals surface area (Å²) in [5.74, 6) is -0.0356. The fourth-order valence-corrected chi connectivity index (χ4v) is 3.53. The minimum atomic E-state index is -0.0356. The fourth-order valence-electron chi connectivity index (χ4n) is 3.53. The minimum Gasteiger partial charge on any atom is -0.352 e. The van der Waals surface area contributed by atoms with Crippen LogP contribution in [0.5, 0.6) is 0 Å². The number of hydrogen-bond donors (Lipinski definition) is 1. The molecule has 2 aliphatic heterocycles. The van der Waals surface area contributed by atoms with Gasteiger partial charge in [-0.05, 0) is 23.8 Å². The smallest absolute Gasteiger partial charge is 0.256 e. The van der Waals surface area contributed by atoms with E-state index in [0.29, 0.717) is 18.7 Å². The van der Waals surface area contributed by atoms with Crippen molar-refractivity contribution in [3.05, 3.63) is 63.4 Å². The Bertz CT molecular complexity index is 1070. The number of para-hydroxylation sites is 1. The normalized spacial score (nSPS) is 15.0. The van der Waals surface area contributed by atoms with Crippen LogP contribution in [-0.2, 0) is 24.3 Å². The van der Waals surface area contributed by atoms with Crippen LogP contribution in [0.3, 0.4) is 0 Å². The topological polar surface area (TPSA) is 64.0 Å². The van der Waals surface area contributed by atoms with Gasteiger partial charge >= 0.3 is 0 Å². The Morgan fingerprint density at radius 3 is 2.87 bits per heavy atom. The molecule has 23 heavy (non-hydrogen) atoms. The lowest BCUT2D eigenvalue weighted by atomic mass is 10.0. The van der Waals surface area contributed by atoms with E-state index in [0.717, 1.165) is 33.4 Å². The highest BCUT2D eigenvalue weighted by Crippen LogP contribution is 2.32. The van der Waals surface area contributed by atoms with Crippen LogP contribution in [0.15, 0.2) is 41.2 Å². The van der Waals surface area contributed by atoms with Gasteiger partial charge in [0.1, 0.15) is 0 Å². The molecular formula is C18H13N3O2. The second-order valence-corrected chi connectivity index (χ2v) is 6.07. The summed E-state index contributed by atoms with van der Waals surface area (Å²) in [6, 6.07) is 12.0. The number of nitrogens with one attached hydrogen (secondary N) is 1. The lowest BCUT2D eigenvalue weighted by Crippen LogP contribution is -2.37. The Kier molecular flexibility index (Phi) is 2.34. The average molecular weight is 303 g/mol. The van der Waals surface area contributed by atoms with Gasteiger partial charge in [-0.2, -0.15) is 0 Å². The number of amides is 1. The van der Waals surface area contributed by atoms with E-state index in [1.54, 1.807) is 4.57 Å². The maximum absolute atomic E-state index is 12.8. The summed E-state index contributed by atoms with van der Waals surface area (Å²) in [7, 11) is 0. The van der Waals surface area contributed by atoms with Gasteiger partial charge in [0, 0.05) is 23.1 Å². The van der Waals surface area contributed by atoms with Crippen molar-refractivity contribution in [1.82, 2.24) is 14.9 Å². The maximum atomic E-state index is 12.8. The minimum absolute atomic E-state index is 0.0143. The van der Waals surface area contributed by atoms with Gasteiger partial charge in [0.2, 0.25) is 5.91 Å². The molecular weight excluding hydrogens is 290 g/mol. The molecule has 2 aliphatic rings. The SMILES string of the molecule is O=C1Cc2cc3n(c(=O)c2CN1)Cc1cc2ccccc2nc1-3. The summed E-state index contributed by atoms with van der Waals surface area (Å²) < 4.78 is 1.77. The molecule has 0 spiro atoms. The molecule has 1 aromatic carbocycles. The number of fused-ring (bicyclic) bond motifs is 5. The van der Waals surface area contributed by atoms with Gasteiger partial charge in [-0.3, -0.25) is 9.59 Å². The number of nitrogens with zero attached hydrogens (tertiary/aromatic N) is 2. The first-order chi connectivity index (χ1) is 11.2. The molecule has 3 aromatic rings. The molecule has 5 rings (SSSR count). The molecule has 112 valence electrons. The van der Waals surface area contributed by atoms with E-state index in [-0.39, 0.29) is 17.9 Å². The van der Waals surface area contributed by atoms with E-state index in [1.165, 1.54) is 0 Å². The molecule has 2 aromatic heterocycles. The third-order valence-electron chi connectivity index (χ3n) is 4.68. The molecule has 0 atom stereocenters. The van der Waals surface area contributed by atoms with E-state index in [2.05, 4.69) is 11.4 Å². The van der Waals surface area contributed by atoms with Gasteiger partial charge in [-0.25, -0.2) is 4.98 Å². The van der Waals surface area contributed by atoms with Crippen LogP contribution < -0.4 is 10.9 Å². The second-order valence-electron chi connectivity index (χ2n) is 6.07. The van der Waals surface area contributed by atoms with Gasteiger partial charge in [0.15, 0.2) is 0 Å². The Hall–Kier alpha value is -2.95. The lowest BCUT2D eigenvalue weighted by Gasteiger charge is -2.18. The first-order valence-corrected chi connectivity index (χ1v) is 7.62. The number of rotatable bonds is 0. The number of benzene rings is 1. The molecule has 0 aliphatic carbocycles. The number of carbonyl (C=O) groups is 1. The van der Waals surface area contributed by atoms with E-state index >= 15 is 0 Å². The van der Waals surface area contributed by atoms with Crippen molar-refractivity contribution < 1.29 is 4.79 Å². The Morgan fingerprint density at radius 2 is 1.96 bits per heavy atom. The monoisotopic (exact) mass is 303 g/mol. The molecule has 1 N–H and O–H groups in total. The zero-order chi connectivity index (χ0) is 15.6. The molecule has 0 saturated heterocycles. The quantitative estimate of drug-likeness (QED) is 0.536. The maximum Gasteiger partial charge on any atom is 0.256 e. The van der Waals surface area contributed by atoms with Crippen molar-refractivity contribution >= 4 is 16.8 Å². The fraction of sp³-hybridized carbons (Fsp3) is 0.167. The van der Waals surface area contributed by atoms with E-state index in [1.807, 2.05) is 30.3 Å². The molecule has 1 amide bonds. The first kappa shape index (κ1) is 12.6. The first-order valence-electron chi connectivity index (χ1n) is 7.62. The van der Waals surface area contributed by atoms with Crippen molar-refractivity contribution in [2.75, 3.05) is 0 Å². The Morgan fingerprint density at radius 1 is 1.09 bits per heavy atom. The van der Waals surface area contributed by atoms with E-state index in [9.17, 15) is 9.59 Å². The lowest BCUT2D eigenvalue weighted by molar-refractivity contribution is -0.121. The highest BCUT2D eigenvalue weighted by molar-refractivity contribution is 5.85. The average Bonchev–Trinajstić information content (AvgIpc) is 2.91. The van der Waals surface area contributed by atoms with Gasteiger partial charge < -0.3 is 9.88 Å². The molecule has 0 radical (unpaired) electrons. The summed E-state index contributed by atoms with van der Waals surface area (Å²) in [4.78, 5) is 29.1. The van der Waals surface area contributed by atoms with Gasteiger partial charge in [-0.15, -0.1) is 0 Å². The van der Waals surface area contributed by atoms with Crippen molar-refractivity contribution in [2.45, 2.75) is 19.5 Å². The van der Waals surface area contributed by atoms with Crippen molar-refractivity contribution in [2.24, 2.45) is 0 Å². The van der Waals surface area contributed by atoms with Crippen LogP contribution in [0.25, 0.3) is 22.3 Å². The van der Waals surface area contributed by atoms with Crippen molar-refractivity contribution in [1.29, 1.82) is 0 Å². The number of hydrogen-bond acceptors (Lipinski definition) is 3. The molecule has 5 nitrogen and oxygen atoms in total. The highest BCUT2D eigenvalue weighted by Gasteiger charge is 2.27. The highest BCUT2D eigenvalue weighted by atomic mass is 16.2. The van der Waals surface area contributed by atoms with Gasteiger partial charge in [0.25, 0.3) is 5.56 Å². The Balaban J connectivity index is 1.79. The molecule has 0 bridgehead atoms. The number of carbonyl (C=O) groups excluding carboxylic acids is 1. The van der Waals surface area contributed by atoms with Crippen LogP contribution in [0.2, 0.25) is 0 Å². The molecule has 4 heterocycles. The zero-order valence-corrected chi connectivity index (χ0v) is 12.3. The summed E-state index contributed by atoms with van der Waals surface area (Å²) in [6.07, 6.45) is 0.265. The molecule has 0 unspecified atom stereocenters. The summed E-state index contributed by atoms with van der Waals surface area (Å²) in [5.41, 5.74) is 5.17. The summed E-state index contributed by atoms with van der Waals surface area (Å²) in [5, 5.41) is 3.83.